The number of hydrogen-bond donors (Lipinski definition) is 1. The fourth-order valence-corrected chi connectivity index (χ4v) is 2.51. The van der Waals surface area contributed by atoms with E-state index >= 15 is 0 Å². The molecule has 0 fully saturated rings. The molecular weight excluding hydrogens is 286 g/mol. The fourth-order valence-electron chi connectivity index (χ4n) is 2.31. The van der Waals surface area contributed by atoms with Crippen LogP contribution in [0.25, 0.3) is 0 Å². The van der Waals surface area contributed by atoms with E-state index in [-0.39, 0.29) is 6.04 Å². The molecule has 1 unspecified atom stereocenters. The molecule has 0 radical (unpaired) electrons. The van der Waals surface area contributed by atoms with Gasteiger partial charge in [-0.25, -0.2) is 4.79 Å². The molecule has 0 heterocycles. The van der Waals surface area contributed by atoms with Crippen LogP contribution in [0.15, 0.2) is 42.5 Å². The first kappa shape index (κ1) is 15.4. The number of carboxylic acid groups (broad SMARTS) is 1. The normalized spacial score (nSPS) is 12.0. The third kappa shape index (κ3) is 3.37. The fraction of sp³-hybridized carbons (Fsp3) is 0.235. The second kappa shape index (κ2) is 6.19. The highest BCUT2D eigenvalue weighted by Crippen LogP contribution is 2.30. The van der Waals surface area contributed by atoms with E-state index in [2.05, 4.69) is 0 Å². The molecule has 21 heavy (non-hydrogen) atoms. The van der Waals surface area contributed by atoms with Crippen molar-refractivity contribution in [3.63, 3.8) is 0 Å². The summed E-state index contributed by atoms with van der Waals surface area (Å²) in [7, 11) is 1.90. The van der Waals surface area contributed by atoms with Gasteiger partial charge in [-0.15, -0.1) is 0 Å². The molecule has 1 atom stereocenters. The van der Waals surface area contributed by atoms with Gasteiger partial charge >= 0.3 is 5.97 Å². The summed E-state index contributed by atoms with van der Waals surface area (Å²) >= 11 is 6.03. The second-order valence-corrected chi connectivity index (χ2v) is 5.60. The predicted octanol–water partition coefficient (Wildman–Crippen LogP) is 4.54. The molecule has 110 valence electrons. The summed E-state index contributed by atoms with van der Waals surface area (Å²) in [6.07, 6.45) is 0. The van der Waals surface area contributed by atoms with Crippen LogP contribution in [0, 0.1) is 6.92 Å². The average Bonchev–Trinajstić information content (AvgIpc) is 2.45. The Bertz CT molecular complexity index is 670. The van der Waals surface area contributed by atoms with Crippen LogP contribution < -0.4 is 4.90 Å². The van der Waals surface area contributed by atoms with Crippen LogP contribution in [0.2, 0.25) is 5.02 Å². The van der Waals surface area contributed by atoms with Crippen LogP contribution in [0.3, 0.4) is 0 Å². The first-order valence-electron chi connectivity index (χ1n) is 6.72. The standard InChI is InChI=1S/C17H18ClNO2/c1-11-7-8-15(17(20)21)16(9-11)19(3)12(2)13-5-4-6-14(18)10-13/h4-10,12H,1-3H3,(H,20,21). The number of halogens is 1. The summed E-state index contributed by atoms with van der Waals surface area (Å²) in [5.41, 5.74) is 3.08. The van der Waals surface area contributed by atoms with Crippen molar-refractivity contribution in [3.8, 4) is 0 Å². The van der Waals surface area contributed by atoms with E-state index in [1.807, 2.05) is 62.2 Å². The van der Waals surface area contributed by atoms with Crippen LogP contribution in [0.4, 0.5) is 5.69 Å². The molecule has 2 aromatic rings. The van der Waals surface area contributed by atoms with Gasteiger partial charge < -0.3 is 10.0 Å². The third-order valence-electron chi connectivity index (χ3n) is 3.68. The molecule has 2 aromatic carbocycles. The topological polar surface area (TPSA) is 40.5 Å². The number of aromatic carboxylic acids is 1. The molecule has 0 amide bonds. The molecule has 0 bridgehead atoms. The van der Waals surface area contributed by atoms with E-state index in [0.717, 1.165) is 11.1 Å². The minimum atomic E-state index is -0.921. The van der Waals surface area contributed by atoms with Crippen molar-refractivity contribution < 1.29 is 9.90 Å². The molecule has 0 aromatic heterocycles. The number of rotatable bonds is 4. The molecule has 2 rings (SSSR count). The van der Waals surface area contributed by atoms with Gasteiger partial charge in [0.25, 0.3) is 0 Å². The van der Waals surface area contributed by atoms with Crippen molar-refractivity contribution >= 4 is 23.3 Å². The predicted molar refractivity (Wildman–Crippen MR) is 86.4 cm³/mol. The number of anilines is 1. The minimum Gasteiger partial charge on any atom is -0.478 e. The first-order chi connectivity index (χ1) is 9.90. The van der Waals surface area contributed by atoms with E-state index < -0.39 is 5.97 Å². The summed E-state index contributed by atoms with van der Waals surface area (Å²) in [5.74, 6) is -0.921. The maximum absolute atomic E-state index is 11.4. The van der Waals surface area contributed by atoms with E-state index in [1.165, 1.54) is 0 Å². The zero-order valence-corrected chi connectivity index (χ0v) is 13.1. The molecule has 3 nitrogen and oxygen atoms in total. The zero-order chi connectivity index (χ0) is 15.6. The Morgan fingerprint density at radius 1 is 1.24 bits per heavy atom. The molecule has 0 saturated carbocycles. The van der Waals surface area contributed by atoms with Gasteiger partial charge in [0.15, 0.2) is 0 Å². The quantitative estimate of drug-likeness (QED) is 0.901. The average molecular weight is 304 g/mol. The maximum Gasteiger partial charge on any atom is 0.337 e. The number of hydrogen-bond acceptors (Lipinski definition) is 2. The summed E-state index contributed by atoms with van der Waals surface area (Å²) in [6, 6.07) is 13.0. The molecule has 0 spiro atoms. The molecular formula is C17H18ClNO2. The molecule has 0 aliphatic rings. The lowest BCUT2D eigenvalue weighted by atomic mass is 10.0. The third-order valence-corrected chi connectivity index (χ3v) is 3.91. The highest BCUT2D eigenvalue weighted by molar-refractivity contribution is 6.30. The Morgan fingerprint density at radius 3 is 2.57 bits per heavy atom. The number of carboxylic acids is 1. The van der Waals surface area contributed by atoms with Crippen LogP contribution in [0.1, 0.15) is 34.5 Å². The van der Waals surface area contributed by atoms with Gasteiger partial charge in [-0.2, -0.15) is 0 Å². The SMILES string of the molecule is Cc1ccc(C(=O)O)c(N(C)C(C)c2cccc(Cl)c2)c1. The van der Waals surface area contributed by atoms with Gasteiger partial charge in [0, 0.05) is 12.1 Å². The summed E-state index contributed by atoms with van der Waals surface area (Å²) < 4.78 is 0. The van der Waals surface area contributed by atoms with E-state index in [9.17, 15) is 9.90 Å². The maximum atomic E-state index is 11.4. The molecule has 0 aliphatic carbocycles. The summed E-state index contributed by atoms with van der Waals surface area (Å²) in [6.45, 7) is 3.98. The van der Waals surface area contributed by atoms with Gasteiger partial charge in [0.1, 0.15) is 0 Å². The molecule has 1 N–H and O–H groups in total. The molecule has 0 aliphatic heterocycles. The second-order valence-electron chi connectivity index (χ2n) is 5.17. The van der Waals surface area contributed by atoms with Crippen LogP contribution in [-0.4, -0.2) is 18.1 Å². The lowest BCUT2D eigenvalue weighted by Gasteiger charge is -2.29. The van der Waals surface area contributed by atoms with E-state index in [0.29, 0.717) is 16.3 Å². The monoisotopic (exact) mass is 303 g/mol. The zero-order valence-electron chi connectivity index (χ0n) is 12.3. The van der Waals surface area contributed by atoms with Crippen molar-refractivity contribution in [2.45, 2.75) is 19.9 Å². The minimum absolute atomic E-state index is 0.0172. The highest BCUT2D eigenvalue weighted by Gasteiger charge is 2.18. The lowest BCUT2D eigenvalue weighted by molar-refractivity contribution is 0.0697. The van der Waals surface area contributed by atoms with Gasteiger partial charge in [-0.1, -0.05) is 29.8 Å². The Balaban J connectivity index is 2.41. The highest BCUT2D eigenvalue weighted by atomic mass is 35.5. The Kier molecular flexibility index (Phi) is 4.53. The number of nitrogens with zero attached hydrogens (tertiary/aromatic N) is 1. The van der Waals surface area contributed by atoms with Crippen molar-refractivity contribution in [2.75, 3.05) is 11.9 Å². The number of benzene rings is 2. The number of aryl methyl sites for hydroxylation is 1. The van der Waals surface area contributed by atoms with Gasteiger partial charge in [-0.05, 0) is 49.2 Å². The Hall–Kier alpha value is -2.00. The Morgan fingerprint density at radius 2 is 1.95 bits per heavy atom. The number of carbonyl (C=O) groups is 1. The van der Waals surface area contributed by atoms with Crippen molar-refractivity contribution in [1.82, 2.24) is 0 Å². The first-order valence-corrected chi connectivity index (χ1v) is 7.10. The van der Waals surface area contributed by atoms with Crippen molar-refractivity contribution in [2.24, 2.45) is 0 Å². The van der Waals surface area contributed by atoms with Crippen molar-refractivity contribution in [1.29, 1.82) is 0 Å². The Labute approximate surface area is 129 Å². The van der Waals surface area contributed by atoms with Crippen LogP contribution in [0.5, 0.6) is 0 Å². The van der Waals surface area contributed by atoms with Gasteiger partial charge in [0.05, 0.1) is 17.3 Å². The molecule has 4 heteroatoms. The lowest BCUT2D eigenvalue weighted by Crippen LogP contribution is -2.24. The summed E-state index contributed by atoms with van der Waals surface area (Å²) in [4.78, 5) is 13.4. The van der Waals surface area contributed by atoms with Crippen molar-refractivity contribution in [3.05, 3.63) is 64.2 Å². The molecule has 0 saturated heterocycles. The largest absolute Gasteiger partial charge is 0.478 e. The smallest absolute Gasteiger partial charge is 0.337 e. The van der Waals surface area contributed by atoms with E-state index in [1.54, 1.807) is 6.07 Å². The van der Waals surface area contributed by atoms with E-state index in [4.69, 9.17) is 11.6 Å². The summed E-state index contributed by atoms with van der Waals surface area (Å²) in [5, 5.41) is 10.0. The van der Waals surface area contributed by atoms with Gasteiger partial charge in [0.2, 0.25) is 0 Å². The van der Waals surface area contributed by atoms with Crippen LogP contribution in [-0.2, 0) is 0 Å². The van der Waals surface area contributed by atoms with Gasteiger partial charge in [-0.3, -0.25) is 0 Å². The van der Waals surface area contributed by atoms with Crippen LogP contribution >= 0.6 is 11.6 Å².